The normalized spacial score (nSPS) is 22.7. The minimum Gasteiger partial charge on any atom is -0.494 e. The first-order valence-corrected chi connectivity index (χ1v) is 11.1. The number of carbonyl (C=O) groups excluding carboxylic acids is 1. The van der Waals surface area contributed by atoms with E-state index < -0.39 is 17.2 Å². The first-order chi connectivity index (χ1) is 15.9. The molecule has 2 bridgehead atoms. The maximum Gasteiger partial charge on any atom is 0.236 e. The van der Waals surface area contributed by atoms with Crippen molar-refractivity contribution in [3.63, 3.8) is 0 Å². The number of piperazine rings is 1. The zero-order valence-electron chi connectivity index (χ0n) is 18.4. The van der Waals surface area contributed by atoms with Crippen molar-refractivity contribution in [3.05, 3.63) is 53.2 Å². The van der Waals surface area contributed by atoms with Gasteiger partial charge in [0.15, 0.2) is 11.6 Å². The van der Waals surface area contributed by atoms with Crippen LogP contribution in [0.1, 0.15) is 36.8 Å². The molecule has 5 rings (SSSR count). The lowest BCUT2D eigenvalue weighted by atomic mass is 10.0. The molecule has 1 amide bonds. The summed E-state index contributed by atoms with van der Waals surface area (Å²) in [5, 5.41) is 12.2. The van der Waals surface area contributed by atoms with Crippen LogP contribution in [0.25, 0.3) is 0 Å². The van der Waals surface area contributed by atoms with Crippen LogP contribution in [-0.2, 0) is 10.3 Å². The Kier molecular flexibility index (Phi) is 5.41. The highest BCUT2D eigenvalue weighted by molar-refractivity contribution is 5.79. The van der Waals surface area contributed by atoms with Crippen LogP contribution in [0.3, 0.4) is 0 Å². The molecule has 3 fully saturated rings. The minimum atomic E-state index is -0.740. The zero-order valence-corrected chi connectivity index (χ0v) is 18.4. The molecule has 0 spiro atoms. The number of likely N-dealkylation sites (tertiary alicyclic amines) is 1. The number of benzene rings is 1. The van der Waals surface area contributed by atoms with Crippen molar-refractivity contribution >= 4 is 11.7 Å². The van der Waals surface area contributed by atoms with Crippen molar-refractivity contribution in [1.82, 2.24) is 15.2 Å². The number of hydrogen-bond donors (Lipinski definition) is 1. The van der Waals surface area contributed by atoms with E-state index in [2.05, 4.69) is 21.3 Å². The number of aromatic nitrogens is 1. The summed E-state index contributed by atoms with van der Waals surface area (Å²) in [7, 11) is 1.35. The van der Waals surface area contributed by atoms with Gasteiger partial charge in [0.05, 0.1) is 19.2 Å². The van der Waals surface area contributed by atoms with Gasteiger partial charge in [-0.2, -0.15) is 5.26 Å². The van der Waals surface area contributed by atoms with E-state index in [-0.39, 0.29) is 30.3 Å². The average Bonchev–Trinajstić information content (AvgIpc) is 3.56. The Bertz CT molecular complexity index is 1100. The van der Waals surface area contributed by atoms with E-state index in [1.54, 1.807) is 12.3 Å². The second-order valence-electron chi connectivity index (χ2n) is 9.01. The molecule has 7 nitrogen and oxygen atoms in total. The fourth-order valence-corrected chi connectivity index (χ4v) is 5.16. The number of nitrogens with zero attached hydrogens (tertiary/aromatic N) is 4. The monoisotopic (exact) mass is 453 g/mol. The number of carbonyl (C=O) groups is 1. The van der Waals surface area contributed by atoms with Gasteiger partial charge < -0.3 is 14.5 Å². The van der Waals surface area contributed by atoms with E-state index in [0.717, 1.165) is 24.7 Å². The average molecular weight is 453 g/mol. The first-order valence-electron chi connectivity index (χ1n) is 11.1. The number of amides is 1. The molecule has 33 heavy (non-hydrogen) atoms. The topological polar surface area (TPSA) is 81.5 Å². The number of rotatable bonds is 6. The molecular formula is C24H25F2N5O2. The Labute approximate surface area is 191 Å². The second-order valence-corrected chi connectivity index (χ2v) is 9.01. The molecule has 1 aromatic heterocycles. The number of fused-ring (bicyclic) bond motifs is 2. The molecule has 1 aromatic carbocycles. The molecule has 1 saturated carbocycles. The third-order valence-corrected chi connectivity index (χ3v) is 7.06. The van der Waals surface area contributed by atoms with Crippen molar-refractivity contribution in [2.75, 3.05) is 31.6 Å². The Morgan fingerprint density at radius 1 is 1.24 bits per heavy atom. The zero-order chi connectivity index (χ0) is 23.2. The van der Waals surface area contributed by atoms with Crippen LogP contribution in [-0.4, -0.2) is 54.6 Å². The van der Waals surface area contributed by atoms with Gasteiger partial charge in [0, 0.05) is 48.5 Å². The third kappa shape index (κ3) is 3.89. The quantitative estimate of drug-likeness (QED) is 0.725. The van der Waals surface area contributed by atoms with Gasteiger partial charge in [-0.15, -0.1) is 0 Å². The molecule has 2 aliphatic heterocycles. The van der Waals surface area contributed by atoms with Crippen molar-refractivity contribution in [3.8, 4) is 11.8 Å². The summed E-state index contributed by atoms with van der Waals surface area (Å²) < 4.78 is 33.3. The maximum atomic E-state index is 14.5. The molecule has 9 heteroatoms. The minimum absolute atomic E-state index is 0.00471. The van der Waals surface area contributed by atoms with Gasteiger partial charge in [-0.1, -0.05) is 0 Å². The number of ether oxygens (including phenoxy) is 1. The number of nitriles is 1. The van der Waals surface area contributed by atoms with Crippen LogP contribution in [0.4, 0.5) is 14.6 Å². The summed E-state index contributed by atoms with van der Waals surface area (Å²) in [6.07, 6.45) is 4.89. The fraction of sp³-hybridized carbons (Fsp3) is 0.458. The van der Waals surface area contributed by atoms with Crippen LogP contribution in [0.15, 0.2) is 30.5 Å². The lowest BCUT2D eigenvalue weighted by molar-refractivity contribution is -0.131. The van der Waals surface area contributed by atoms with E-state index >= 15 is 0 Å². The SMILES string of the molecule is COc1cc(C2(NCC(=O)N3CC4CCC(C3)N4c3ccc(C#N)cn3)CC2)c(F)cc1F. The molecule has 0 radical (unpaired) electrons. The Hall–Kier alpha value is -3.25. The van der Waals surface area contributed by atoms with Crippen molar-refractivity contribution in [2.45, 2.75) is 43.3 Å². The van der Waals surface area contributed by atoms with Crippen LogP contribution in [0.5, 0.6) is 5.75 Å². The van der Waals surface area contributed by atoms with Gasteiger partial charge in [-0.3, -0.25) is 10.1 Å². The Morgan fingerprint density at radius 2 is 1.97 bits per heavy atom. The highest BCUT2D eigenvalue weighted by Crippen LogP contribution is 2.47. The largest absolute Gasteiger partial charge is 0.494 e. The number of methoxy groups -OCH3 is 1. The third-order valence-electron chi connectivity index (χ3n) is 7.06. The summed E-state index contributed by atoms with van der Waals surface area (Å²) in [4.78, 5) is 21.6. The smallest absolute Gasteiger partial charge is 0.236 e. The summed E-state index contributed by atoms with van der Waals surface area (Å²) in [5.41, 5.74) is 0.203. The van der Waals surface area contributed by atoms with Crippen molar-refractivity contribution < 1.29 is 18.3 Å². The van der Waals surface area contributed by atoms with Crippen LogP contribution in [0, 0.1) is 23.0 Å². The van der Waals surface area contributed by atoms with Gasteiger partial charge in [0.25, 0.3) is 0 Å². The molecule has 2 saturated heterocycles. The van der Waals surface area contributed by atoms with Gasteiger partial charge in [-0.25, -0.2) is 13.8 Å². The Morgan fingerprint density at radius 3 is 2.55 bits per heavy atom. The molecule has 3 aliphatic rings. The highest BCUT2D eigenvalue weighted by atomic mass is 19.1. The predicted molar refractivity (Wildman–Crippen MR) is 117 cm³/mol. The van der Waals surface area contributed by atoms with Gasteiger partial charge in [-0.05, 0) is 43.9 Å². The highest BCUT2D eigenvalue weighted by Gasteiger charge is 2.47. The molecule has 2 atom stereocenters. The van der Waals surface area contributed by atoms with Gasteiger partial charge in [0.1, 0.15) is 17.7 Å². The molecule has 1 N–H and O–H groups in total. The van der Waals surface area contributed by atoms with E-state index in [0.29, 0.717) is 37.1 Å². The number of hydrogen-bond acceptors (Lipinski definition) is 6. The standard InChI is InChI=1S/C24H25F2N5O2/c1-33-21-8-18(19(25)9-20(21)26)24(6-7-24)29-12-23(32)30-13-16-3-4-17(14-30)31(16)22-5-2-15(10-27)11-28-22/h2,5,8-9,11,16-17,29H,3-4,6-7,12-14H2,1H3. The van der Waals surface area contributed by atoms with E-state index in [9.17, 15) is 13.6 Å². The molecule has 2 unspecified atom stereocenters. The van der Waals surface area contributed by atoms with Gasteiger partial charge >= 0.3 is 0 Å². The number of nitrogens with one attached hydrogen (secondary N) is 1. The lowest BCUT2D eigenvalue weighted by Gasteiger charge is -2.42. The van der Waals surface area contributed by atoms with E-state index in [4.69, 9.17) is 10.00 Å². The summed E-state index contributed by atoms with van der Waals surface area (Å²) >= 11 is 0. The summed E-state index contributed by atoms with van der Waals surface area (Å²) in [5.74, 6) is -0.567. The lowest BCUT2D eigenvalue weighted by Crippen LogP contribution is -2.57. The number of halogens is 2. The first kappa shape index (κ1) is 21.6. The van der Waals surface area contributed by atoms with Crippen LogP contribution < -0.4 is 15.0 Å². The van der Waals surface area contributed by atoms with E-state index in [1.165, 1.54) is 13.2 Å². The number of anilines is 1. The summed E-state index contributed by atoms with van der Waals surface area (Å²) in [6, 6.07) is 8.31. The molecule has 1 aliphatic carbocycles. The predicted octanol–water partition coefficient (Wildman–Crippen LogP) is 2.70. The van der Waals surface area contributed by atoms with Crippen LogP contribution in [0.2, 0.25) is 0 Å². The van der Waals surface area contributed by atoms with Crippen LogP contribution >= 0.6 is 0 Å². The maximum absolute atomic E-state index is 14.5. The summed E-state index contributed by atoms with van der Waals surface area (Å²) in [6.45, 7) is 1.29. The Balaban J connectivity index is 1.24. The fourth-order valence-electron chi connectivity index (χ4n) is 5.16. The molecular weight excluding hydrogens is 428 g/mol. The second kappa shape index (κ2) is 8.27. The van der Waals surface area contributed by atoms with E-state index in [1.807, 2.05) is 11.0 Å². The molecule has 2 aromatic rings. The number of pyridine rings is 1. The van der Waals surface area contributed by atoms with Crippen molar-refractivity contribution in [2.24, 2.45) is 0 Å². The van der Waals surface area contributed by atoms with Crippen molar-refractivity contribution in [1.29, 1.82) is 5.26 Å². The molecule has 3 heterocycles. The van der Waals surface area contributed by atoms with Gasteiger partial charge in [0.2, 0.25) is 5.91 Å². The molecule has 172 valence electrons.